The van der Waals surface area contributed by atoms with Crippen LogP contribution in [0.5, 0.6) is 0 Å². The van der Waals surface area contributed by atoms with Gasteiger partial charge in [-0.1, -0.05) is 0 Å². The molecule has 8 nitrogen and oxygen atoms in total. The van der Waals surface area contributed by atoms with Gasteiger partial charge in [0.2, 0.25) is 0 Å². The largest absolute Gasteiger partial charge is 0.444 e. The fraction of sp³-hybridized carbons (Fsp3) is 0.895. The predicted molar refractivity (Wildman–Crippen MR) is 108 cm³/mol. The summed E-state index contributed by atoms with van der Waals surface area (Å²) in [6, 6.07) is 0. The minimum atomic E-state index is -0.488. The van der Waals surface area contributed by atoms with Crippen molar-refractivity contribution >= 4 is 12.2 Å². The maximum absolute atomic E-state index is 11.6. The zero-order valence-electron chi connectivity index (χ0n) is 18.0. The Morgan fingerprint density at radius 2 is 1.15 bits per heavy atom. The lowest BCUT2D eigenvalue weighted by atomic mass is 10.2. The molecular weight excluding hydrogens is 348 g/mol. The fourth-order valence-corrected chi connectivity index (χ4v) is 2.26. The van der Waals surface area contributed by atoms with Crippen LogP contribution in [0.25, 0.3) is 0 Å². The molecule has 2 amide bonds. The van der Waals surface area contributed by atoms with Crippen molar-refractivity contribution in [2.45, 2.75) is 72.0 Å². The maximum Gasteiger partial charge on any atom is 0.407 e. The normalized spacial score (nSPS) is 12.0. The van der Waals surface area contributed by atoms with Gasteiger partial charge in [0.1, 0.15) is 11.2 Å². The van der Waals surface area contributed by atoms with Gasteiger partial charge in [-0.15, -0.1) is 0 Å². The van der Waals surface area contributed by atoms with Gasteiger partial charge in [0.15, 0.2) is 0 Å². The third-order valence-corrected chi connectivity index (χ3v) is 3.32. The van der Waals surface area contributed by atoms with Crippen molar-refractivity contribution in [3.05, 3.63) is 0 Å². The minimum Gasteiger partial charge on any atom is -0.444 e. The molecule has 27 heavy (non-hydrogen) atoms. The lowest BCUT2D eigenvalue weighted by Gasteiger charge is -2.23. The van der Waals surface area contributed by atoms with Gasteiger partial charge in [-0.25, -0.2) is 9.59 Å². The van der Waals surface area contributed by atoms with E-state index in [0.29, 0.717) is 19.6 Å². The summed E-state index contributed by atoms with van der Waals surface area (Å²) in [6.07, 6.45) is 1.78. The van der Waals surface area contributed by atoms with Crippen molar-refractivity contribution < 1.29 is 19.1 Å². The van der Waals surface area contributed by atoms with Crippen LogP contribution in [0.15, 0.2) is 0 Å². The molecule has 0 atom stereocenters. The highest BCUT2D eigenvalue weighted by molar-refractivity contribution is 5.67. The van der Waals surface area contributed by atoms with E-state index in [0.717, 1.165) is 38.9 Å². The minimum absolute atomic E-state index is 0.391. The van der Waals surface area contributed by atoms with E-state index < -0.39 is 23.4 Å². The van der Waals surface area contributed by atoms with Crippen molar-refractivity contribution in [3.63, 3.8) is 0 Å². The van der Waals surface area contributed by atoms with Crippen molar-refractivity contribution in [3.8, 4) is 0 Å². The quantitative estimate of drug-likeness (QED) is 0.470. The molecule has 0 saturated carbocycles. The van der Waals surface area contributed by atoms with E-state index in [1.165, 1.54) is 0 Å². The van der Waals surface area contributed by atoms with Crippen LogP contribution in [0, 0.1) is 0 Å². The van der Waals surface area contributed by atoms with E-state index in [-0.39, 0.29) is 0 Å². The number of amides is 2. The molecule has 0 spiro atoms. The monoisotopic (exact) mass is 388 g/mol. The second kappa shape index (κ2) is 12.8. The van der Waals surface area contributed by atoms with Crippen LogP contribution in [0.4, 0.5) is 9.59 Å². The first kappa shape index (κ1) is 25.5. The van der Waals surface area contributed by atoms with Gasteiger partial charge in [-0.05, 0) is 87.0 Å². The summed E-state index contributed by atoms with van der Waals surface area (Å²) in [5.41, 5.74) is 4.63. The highest BCUT2D eigenvalue weighted by Gasteiger charge is 2.16. The van der Waals surface area contributed by atoms with Crippen molar-refractivity contribution in [2.24, 2.45) is 5.73 Å². The Labute approximate surface area is 164 Å². The van der Waals surface area contributed by atoms with Gasteiger partial charge in [0.25, 0.3) is 0 Å². The number of nitrogens with zero attached hydrogens (tertiary/aromatic N) is 1. The van der Waals surface area contributed by atoms with Crippen LogP contribution in [-0.2, 0) is 9.47 Å². The summed E-state index contributed by atoms with van der Waals surface area (Å²) >= 11 is 0. The van der Waals surface area contributed by atoms with Gasteiger partial charge < -0.3 is 30.7 Å². The van der Waals surface area contributed by atoms with Crippen molar-refractivity contribution in [1.82, 2.24) is 15.5 Å². The molecule has 0 heterocycles. The molecule has 0 rings (SSSR count). The summed E-state index contributed by atoms with van der Waals surface area (Å²) in [7, 11) is 0. The molecule has 0 aromatic rings. The first-order valence-corrected chi connectivity index (χ1v) is 9.79. The Kier molecular flexibility index (Phi) is 12.0. The molecule has 0 aromatic heterocycles. The summed E-state index contributed by atoms with van der Waals surface area (Å²) < 4.78 is 10.4. The highest BCUT2D eigenvalue weighted by Crippen LogP contribution is 2.07. The Morgan fingerprint density at radius 1 is 0.778 bits per heavy atom. The van der Waals surface area contributed by atoms with Gasteiger partial charge >= 0.3 is 12.2 Å². The van der Waals surface area contributed by atoms with Gasteiger partial charge in [0, 0.05) is 13.1 Å². The zero-order chi connectivity index (χ0) is 20.9. The highest BCUT2D eigenvalue weighted by atomic mass is 16.6. The summed E-state index contributed by atoms with van der Waals surface area (Å²) in [5.74, 6) is 0. The van der Waals surface area contributed by atoms with E-state index in [1.807, 2.05) is 41.5 Å². The average molecular weight is 389 g/mol. The number of alkyl carbamates (subject to hydrolysis) is 2. The maximum atomic E-state index is 11.6. The van der Waals surface area contributed by atoms with E-state index in [1.54, 1.807) is 0 Å². The molecule has 0 bridgehead atoms. The van der Waals surface area contributed by atoms with E-state index in [4.69, 9.17) is 15.2 Å². The van der Waals surface area contributed by atoms with Crippen LogP contribution in [-0.4, -0.2) is 67.6 Å². The molecule has 160 valence electrons. The van der Waals surface area contributed by atoms with Gasteiger partial charge in [0.05, 0.1) is 0 Å². The van der Waals surface area contributed by atoms with Crippen LogP contribution in [0.1, 0.15) is 60.8 Å². The molecule has 0 aliphatic carbocycles. The summed E-state index contributed by atoms with van der Waals surface area (Å²) in [4.78, 5) is 25.6. The second-order valence-corrected chi connectivity index (χ2v) is 8.55. The fourth-order valence-electron chi connectivity index (χ4n) is 2.26. The average Bonchev–Trinajstić information content (AvgIpc) is 2.48. The molecule has 0 fully saturated rings. The Balaban J connectivity index is 4.03. The van der Waals surface area contributed by atoms with Crippen molar-refractivity contribution in [2.75, 3.05) is 39.3 Å². The number of carbonyl (C=O) groups excluding carboxylic acids is 2. The van der Waals surface area contributed by atoms with Crippen LogP contribution in [0.3, 0.4) is 0 Å². The number of hydrogen-bond donors (Lipinski definition) is 3. The SMILES string of the molecule is CC(C)(C)OC(=O)NCCCN(CCCN)CCCNC(=O)OC(C)(C)C. The molecule has 0 aliphatic rings. The Morgan fingerprint density at radius 3 is 1.48 bits per heavy atom. The van der Waals surface area contributed by atoms with Crippen LogP contribution in [0.2, 0.25) is 0 Å². The van der Waals surface area contributed by atoms with E-state index in [9.17, 15) is 9.59 Å². The topological polar surface area (TPSA) is 106 Å². The zero-order valence-corrected chi connectivity index (χ0v) is 18.0. The molecule has 0 saturated heterocycles. The number of nitrogens with two attached hydrogens (primary N) is 1. The van der Waals surface area contributed by atoms with Crippen LogP contribution < -0.4 is 16.4 Å². The lowest BCUT2D eigenvalue weighted by molar-refractivity contribution is 0.0516. The molecule has 8 heteroatoms. The smallest absolute Gasteiger partial charge is 0.407 e. The number of hydrogen-bond acceptors (Lipinski definition) is 6. The second-order valence-electron chi connectivity index (χ2n) is 8.55. The lowest BCUT2D eigenvalue weighted by Crippen LogP contribution is -2.36. The van der Waals surface area contributed by atoms with Crippen LogP contribution >= 0.6 is 0 Å². The van der Waals surface area contributed by atoms with Gasteiger partial charge in [-0.3, -0.25) is 0 Å². The molecule has 0 aliphatic heterocycles. The Hall–Kier alpha value is -1.54. The number of rotatable bonds is 11. The first-order valence-electron chi connectivity index (χ1n) is 9.79. The summed E-state index contributed by atoms with van der Waals surface area (Å²) in [5, 5.41) is 5.54. The Bertz CT molecular complexity index is 394. The van der Waals surface area contributed by atoms with Crippen molar-refractivity contribution in [1.29, 1.82) is 0 Å². The number of carbonyl (C=O) groups is 2. The molecule has 4 N–H and O–H groups in total. The van der Waals surface area contributed by atoms with Gasteiger partial charge in [-0.2, -0.15) is 0 Å². The molecule has 0 aromatic carbocycles. The van der Waals surface area contributed by atoms with E-state index in [2.05, 4.69) is 15.5 Å². The molecule has 0 unspecified atom stereocenters. The third kappa shape index (κ3) is 17.6. The number of ether oxygens (including phenoxy) is 2. The summed E-state index contributed by atoms with van der Waals surface area (Å²) in [6.45, 7) is 15.4. The standard InChI is InChI=1S/C19H40N4O4/c1-18(2,3)26-16(24)21-11-8-14-23(13-7-10-20)15-9-12-22-17(25)27-19(4,5)6/h7-15,20H2,1-6H3,(H,21,24)(H,22,25). The first-order chi connectivity index (χ1) is 12.4. The third-order valence-electron chi connectivity index (χ3n) is 3.32. The molecular formula is C19H40N4O4. The predicted octanol–water partition coefficient (Wildman–Crippen LogP) is 2.47. The van der Waals surface area contributed by atoms with E-state index >= 15 is 0 Å². The molecule has 0 radical (unpaired) electrons. The number of nitrogens with one attached hydrogen (secondary N) is 2.